The number of nitrogens with one attached hydrogen (secondary N) is 1. The molecule has 28 heavy (non-hydrogen) atoms. The number of carbonyl (C=O) groups excluding carboxylic acids is 1. The minimum atomic E-state index is -0.452. The summed E-state index contributed by atoms with van der Waals surface area (Å²) in [6, 6.07) is 0.253. The summed E-state index contributed by atoms with van der Waals surface area (Å²) >= 11 is 0. The molecule has 1 aliphatic carbocycles. The van der Waals surface area contributed by atoms with E-state index in [0.717, 1.165) is 52.0 Å². The molecule has 1 saturated carbocycles. The van der Waals surface area contributed by atoms with Crippen molar-refractivity contribution < 1.29 is 24.1 Å². The standard InChI is InChI=1S/C21H36N2O5/c24-17-12-23(11-16-5-7-26-8-6-16)19-4-3-18(28-20(19)14-27-13-17)9-21(25)22-10-15-1-2-15/h15-20,24H,1-14H2,(H,22,25)/t17-,18-,19-,20+/m0/s1. The van der Waals surface area contributed by atoms with Crippen molar-refractivity contribution in [2.24, 2.45) is 11.8 Å². The van der Waals surface area contributed by atoms with Crippen LogP contribution >= 0.6 is 0 Å². The van der Waals surface area contributed by atoms with E-state index in [1.54, 1.807) is 0 Å². The second kappa shape index (κ2) is 9.85. The summed E-state index contributed by atoms with van der Waals surface area (Å²) < 4.78 is 17.6. The highest BCUT2D eigenvalue weighted by Gasteiger charge is 2.38. The summed E-state index contributed by atoms with van der Waals surface area (Å²) in [5, 5.41) is 13.3. The van der Waals surface area contributed by atoms with Crippen LogP contribution in [0, 0.1) is 11.8 Å². The van der Waals surface area contributed by atoms with Gasteiger partial charge in [-0.15, -0.1) is 0 Å². The molecule has 4 atom stereocenters. The lowest BCUT2D eigenvalue weighted by atomic mass is 9.92. The van der Waals surface area contributed by atoms with Crippen LogP contribution in [0.3, 0.4) is 0 Å². The molecule has 0 aromatic heterocycles. The van der Waals surface area contributed by atoms with E-state index in [4.69, 9.17) is 14.2 Å². The highest BCUT2D eigenvalue weighted by Crippen LogP contribution is 2.30. The van der Waals surface area contributed by atoms with E-state index in [9.17, 15) is 9.90 Å². The average Bonchev–Trinajstić information content (AvgIpc) is 3.50. The molecule has 0 spiro atoms. The van der Waals surface area contributed by atoms with Gasteiger partial charge in [0.15, 0.2) is 0 Å². The van der Waals surface area contributed by atoms with Gasteiger partial charge in [0.05, 0.1) is 37.9 Å². The highest BCUT2D eigenvalue weighted by atomic mass is 16.5. The van der Waals surface area contributed by atoms with Gasteiger partial charge in [-0.1, -0.05) is 0 Å². The molecule has 3 heterocycles. The number of rotatable bonds is 6. The molecule has 3 saturated heterocycles. The van der Waals surface area contributed by atoms with E-state index in [0.29, 0.717) is 38.0 Å². The van der Waals surface area contributed by atoms with Gasteiger partial charge in [0.25, 0.3) is 0 Å². The Labute approximate surface area is 168 Å². The minimum absolute atomic E-state index is 0.0256. The van der Waals surface area contributed by atoms with Crippen LogP contribution < -0.4 is 5.32 Å². The van der Waals surface area contributed by atoms with Crippen molar-refractivity contribution in [2.45, 2.75) is 69.3 Å². The third kappa shape index (κ3) is 5.89. The summed E-state index contributed by atoms with van der Waals surface area (Å²) in [7, 11) is 0. The molecule has 3 aliphatic heterocycles. The maximum atomic E-state index is 12.2. The Morgan fingerprint density at radius 2 is 1.82 bits per heavy atom. The molecule has 7 heteroatoms. The number of aliphatic hydroxyl groups is 1. The van der Waals surface area contributed by atoms with Crippen LogP contribution in [-0.4, -0.2) is 86.3 Å². The first kappa shape index (κ1) is 20.5. The van der Waals surface area contributed by atoms with E-state index < -0.39 is 6.10 Å². The zero-order chi connectivity index (χ0) is 19.3. The Hall–Kier alpha value is -0.730. The van der Waals surface area contributed by atoms with Crippen LogP contribution in [0.5, 0.6) is 0 Å². The van der Waals surface area contributed by atoms with E-state index in [1.165, 1.54) is 12.8 Å². The zero-order valence-electron chi connectivity index (χ0n) is 16.9. The fourth-order valence-corrected chi connectivity index (χ4v) is 4.78. The molecule has 160 valence electrons. The average molecular weight is 397 g/mol. The summed E-state index contributed by atoms with van der Waals surface area (Å²) in [6.45, 7) is 4.96. The van der Waals surface area contributed by atoms with Crippen molar-refractivity contribution >= 4 is 5.91 Å². The van der Waals surface area contributed by atoms with E-state index in [-0.39, 0.29) is 24.2 Å². The molecular weight excluding hydrogens is 360 g/mol. The minimum Gasteiger partial charge on any atom is -0.389 e. The van der Waals surface area contributed by atoms with Gasteiger partial charge in [0.2, 0.25) is 5.91 Å². The number of aliphatic hydroxyl groups excluding tert-OH is 1. The van der Waals surface area contributed by atoms with Crippen LogP contribution in [-0.2, 0) is 19.0 Å². The Morgan fingerprint density at radius 3 is 2.61 bits per heavy atom. The monoisotopic (exact) mass is 396 g/mol. The van der Waals surface area contributed by atoms with Crippen molar-refractivity contribution in [1.29, 1.82) is 0 Å². The predicted octanol–water partition coefficient (Wildman–Crippen LogP) is 0.939. The van der Waals surface area contributed by atoms with Gasteiger partial charge in [0.1, 0.15) is 0 Å². The number of fused-ring (bicyclic) bond motifs is 1. The topological polar surface area (TPSA) is 80.3 Å². The fourth-order valence-electron chi connectivity index (χ4n) is 4.78. The van der Waals surface area contributed by atoms with Gasteiger partial charge >= 0.3 is 0 Å². The first-order valence-electron chi connectivity index (χ1n) is 11.2. The lowest BCUT2D eigenvalue weighted by Gasteiger charge is -2.45. The normalized spacial score (nSPS) is 35.6. The molecule has 7 nitrogen and oxygen atoms in total. The van der Waals surface area contributed by atoms with Crippen molar-refractivity contribution in [3.05, 3.63) is 0 Å². The van der Waals surface area contributed by atoms with Gasteiger partial charge in [-0.2, -0.15) is 0 Å². The van der Waals surface area contributed by atoms with E-state index in [2.05, 4.69) is 10.2 Å². The van der Waals surface area contributed by atoms with Gasteiger partial charge in [-0.25, -0.2) is 0 Å². The molecule has 0 aromatic rings. The Kier molecular flexibility index (Phi) is 7.22. The smallest absolute Gasteiger partial charge is 0.222 e. The number of hydrogen-bond donors (Lipinski definition) is 2. The van der Waals surface area contributed by atoms with Crippen molar-refractivity contribution in [3.63, 3.8) is 0 Å². The first-order valence-corrected chi connectivity index (χ1v) is 11.2. The number of hydrogen-bond acceptors (Lipinski definition) is 6. The zero-order valence-corrected chi connectivity index (χ0v) is 16.9. The van der Waals surface area contributed by atoms with Crippen LogP contribution in [0.15, 0.2) is 0 Å². The van der Waals surface area contributed by atoms with Crippen LogP contribution in [0.25, 0.3) is 0 Å². The van der Waals surface area contributed by atoms with E-state index in [1.807, 2.05) is 0 Å². The number of amides is 1. The van der Waals surface area contributed by atoms with Gasteiger partial charge < -0.3 is 24.6 Å². The largest absolute Gasteiger partial charge is 0.389 e. The summed E-state index contributed by atoms with van der Waals surface area (Å²) in [4.78, 5) is 14.6. The van der Waals surface area contributed by atoms with Gasteiger partial charge in [0, 0.05) is 38.9 Å². The quantitative estimate of drug-likeness (QED) is 0.696. The number of nitrogens with zero attached hydrogens (tertiary/aromatic N) is 1. The Bertz CT molecular complexity index is 509. The van der Waals surface area contributed by atoms with Gasteiger partial charge in [-0.3, -0.25) is 9.69 Å². The number of carbonyl (C=O) groups is 1. The molecule has 4 aliphatic rings. The molecule has 4 rings (SSSR count). The second-order valence-electron chi connectivity index (χ2n) is 9.09. The lowest BCUT2D eigenvalue weighted by molar-refractivity contribution is -0.159. The maximum absolute atomic E-state index is 12.2. The SMILES string of the molecule is O=C(C[C@@H]1CC[C@H]2[C@@H](COC[C@@H](O)CN2CC2CCOCC2)O1)NCC1CC1. The third-order valence-corrected chi connectivity index (χ3v) is 6.62. The molecule has 0 aromatic carbocycles. The Balaban J connectivity index is 1.32. The van der Waals surface area contributed by atoms with Crippen LogP contribution in [0.4, 0.5) is 0 Å². The number of ether oxygens (including phenoxy) is 3. The summed E-state index contributed by atoms with van der Waals surface area (Å²) in [6.07, 6.45) is 6.48. The maximum Gasteiger partial charge on any atom is 0.222 e. The molecular formula is C21H36N2O5. The predicted molar refractivity (Wildman–Crippen MR) is 104 cm³/mol. The molecule has 2 N–H and O–H groups in total. The van der Waals surface area contributed by atoms with Crippen molar-refractivity contribution in [1.82, 2.24) is 10.2 Å². The molecule has 0 radical (unpaired) electrons. The van der Waals surface area contributed by atoms with E-state index >= 15 is 0 Å². The highest BCUT2D eigenvalue weighted by molar-refractivity contribution is 5.76. The van der Waals surface area contributed by atoms with Crippen LogP contribution in [0.2, 0.25) is 0 Å². The second-order valence-corrected chi connectivity index (χ2v) is 9.09. The van der Waals surface area contributed by atoms with Crippen molar-refractivity contribution in [3.8, 4) is 0 Å². The molecule has 0 bridgehead atoms. The van der Waals surface area contributed by atoms with Gasteiger partial charge in [-0.05, 0) is 50.4 Å². The molecule has 4 fully saturated rings. The summed E-state index contributed by atoms with van der Waals surface area (Å²) in [5.41, 5.74) is 0. The molecule has 0 unspecified atom stereocenters. The lowest BCUT2D eigenvalue weighted by Crippen LogP contribution is -2.57. The first-order chi connectivity index (χ1) is 13.7. The summed E-state index contributed by atoms with van der Waals surface area (Å²) in [5.74, 6) is 1.43. The Morgan fingerprint density at radius 1 is 1.00 bits per heavy atom. The number of β-amino-alcohol motifs (C(OH)–C–C–N with tert-alkyl or cyclic N) is 1. The third-order valence-electron chi connectivity index (χ3n) is 6.62. The molecule has 1 amide bonds. The van der Waals surface area contributed by atoms with Crippen LogP contribution in [0.1, 0.15) is 44.9 Å². The fraction of sp³-hybridized carbons (Fsp3) is 0.952. The van der Waals surface area contributed by atoms with Crippen molar-refractivity contribution in [2.75, 3.05) is 46.1 Å².